The van der Waals surface area contributed by atoms with E-state index in [9.17, 15) is 4.79 Å². The van der Waals surface area contributed by atoms with Crippen LogP contribution >= 0.6 is 0 Å². The van der Waals surface area contributed by atoms with Crippen LogP contribution in [0.3, 0.4) is 0 Å². The summed E-state index contributed by atoms with van der Waals surface area (Å²) in [6, 6.07) is 0. The van der Waals surface area contributed by atoms with Gasteiger partial charge in [-0.3, -0.25) is 4.79 Å². The Morgan fingerprint density at radius 2 is 2.24 bits per heavy atom. The maximum atomic E-state index is 11.2. The molecule has 0 fully saturated rings. The van der Waals surface area contributed by atoms with Crippen molar-refractivity contribution in [3.8, 4) is 11.8 Å². The van der Waals surface area contributed by atoms with Crippen LogP contribution in [0.1, 0.15) is 47.5 Å². The number of hydrogen-bond acceptors (Lipinski definition) is 2. The molecule has 0 aliphatic heterocycles. The lowest BCUT2D eigenvalue weighted by Gasteiger charge is -2.40. The van der Waals surface area contributed by atoms with Gasteiger partial charge in [0, 0.05) is 12.8 Å². The topological polar surface area (TPSA) is 26.3 Å². The van der Waals surface area contributed by atoms with Gasteiger partial charge in [0.1, 0.15) is 0 Å². The maximum Gasteiger partial charge on any atom is 0.303 e. The Bertz CT molecular complexity index is 379. The van der Waals surface area contributed by atoms with E-state index in [4.69, 9.17) is 4.74 Å². The van der Waals surface area contributed by atoms with E-state index in [1.807, 2.05) is 0 Å². The zero-order valence-corrected chi connectivity index (χ0v) is 11.5. The first-order valence-corrected chi connectivity index (χ1v) is 6.14. The molecule has 0 aromatic rings. The lowest BCUT2D eigenvalue weighted by atomic mass is 9.66. The van der Waals surface area contributed by atoms with Gasteiger partial charge in [-0.15, -0.1) is 5.92 Å². The third-order valence-electron chi connectivity index (χ3n) is 3.47. The van der Waals surface area contributed by atoms with Crippen LogP contribution in [0.15, 0.2) is 11.6 Å². The summed E-state index contributed by atoms with van der Waals surface area (Å²) in [6.07, 6.45) is 4.13. The van der Waals surface area contributed by atoms with Gasteiger partial charge < -0.3 is 4.74 Å². The van der Waals surface area contributed by atoms with Gasteiger partial charge in [0.2, 0.25) is 0 Å². The van der Waals surface area contributed by atoms with Gasteiger partial charge in [0.25, 0.3) is 0 Å². The second-order valence-electron chi connectivity index (χ2n) is 5.38. The molecule has 0 saturated heterocycles. The molecule has 1 rings (SSSR count). The molecule has 0 N–H and O–H groups in total. The molecule has 0 radical (unpaired) electrons. The smallest absolute Gasteiger partial charge is 0.303 e. The van der Waals surface area contributed by atoms with Crippen molar-refractivity contribution in [2.45, 2.75) is 53.6 Å². The van der Waals surface area contributed by atoms with Gasteiger partial charge in [-0.2, -0.15) is 0 Å². The van der Waals surface area contributed by atoms with Crippen LogP contribution < -0.4 is 0 Å². The monoisotopic (exact) mass is 234 g/mol. The Kier molecular flexibility index (Phi) is 4.40. The molecule has 2 unspecified atom stereocenters. The first-order valence-electron chi connectivity index (χ1n) is 6.14. The highest BCUT2D eigenvalue weighted by Crippen LogP contribution is 2.43. The molecule has 0 bridgehead atoms. The van der Waals surface area contributed by atoms with Crippen LogP contribution in [-0.4, -0.2) is 12.1 Å². The number of hydrogen-bond donors (Lipinski definition) is 0. The Balaban J connectivity index is 3.04. The molecule has 94 valence electrons. The van der Waals surface area contributed by atoms with E-state index in [1.54, 1.807) is 6.92 Å². The van der Waals surface area contributed by atoms with Gasteiger partial charge in [-0.05, 0) is 32.1 Å². The zero-order chi connectivity index (χ0) is 13.1. The van der Waals surface area contributed by atoms with Crippen LogP contribution in [-0.2, 0) is 9.53 Å². The van der Waals surface area contributed by atoms with Crippen molar-refractivity contribution >= 4 is 5.97 Å². The molecule has 1 aliphatic rings. The molecule has 0 amide bonds. The zero-order valence-electron chi connectivity index (χ0n) is 11.5. The standard InChI is InChI=1S/C15H22O2/c1-6-8-13(17-12(3)16)14-11(2)9-7-10-15(14,4)5/h9,13-14H,7,10H2,1-5H3. The van der Waals surface area contributed by atoms with E-state index in [-0.39, 0.29) is 23.4 Å². The fourth-order valence-corrected chi connectivity index (χ4v) is 2.72. The Hall–Kier alpha value is -1.23. The average Bonchev–Trinajstić information content (AvgIpc) is 2.15. The third kappa shape index (κ3) is 3.36. The predicted octanol–water partition coefficient (Wildman–Crippen LogP) is 3.32. The average molecular weight is 234 g/mol. The largest absolute Gasteiger partial charge is 0.449 e. The molecule has 0 saturated carbocycles. The molecule has 0 aromatic carbocycles. The quantitative estimate of drug-likeness (QED) is 0.416. The summed E-state index contributed by atoms with van der Waals surface area (Å²) < 4.78 is 5.38. The first kappa shape index (κ1) is 13.8. The molecule has 0 aromatic heterocycles. The summed E-state index contributed by atoms with van der Waals surface area (Å²) in [6.45, 7) is 9.79. The summed E-state index contributed by atoms with van der Waals surface area (Å²) in [5.74, 6) is 5.85. The minimum Gasteiger partial charge on any atom is -0.449 e. The van der Waals surface area contributed by atoms with E-state index in [0.717, 1.165) is 12.8 Å². The van der Waals surface area contributed by atoms with Crippen LogP contribution in [0.2, 0.25) is 0 Å². The van der Waals surface area contributed by atoms with E-state index >= 15 is 0 Å². The van der Waals surface area contributed by atoms with Crippen LogP contribution in [0, 0.1) is 23.2 Å². The van der Waals surface area contributed by atoms with Crippen molar-refractivity contribution < 1.29 is 9.53 Å². The highest BCUT2D eigenvalue weighted by Gasteiger charge is 2.39. The van der Waals surface area contributed by atoms with Crippen molar-refractivity contribution in [3.63, 3.8) is 0 Å². The van der Waals surface area contributed by atoms with Gasteiger partial charge in [-0.25, -0.2) is 0 Å². The highest BCUT2D eigenvalue weighted by atomic mass is 16.5. The highest BCUT2D eigenvalue weighted by molar-refractivity contribution is 5.66. The van der Waals surface area contributed by atoms with Crippen LogP contribution in [0.5, 0.6) is 0 Å². The second-order valence-corrected chi connectivity index (χ2v) is 5.38. The summed E-state index contributed by atoms with van der Waals surface area (Å²) in [5.41, 5.74) is 1.42. The molecule has 0 heterocycles. The van der Waals surface area contributed by atoms with Gasteiger partial charge in [-0.1, -0.05) is 31.4 Å². The molecular formula is C15H22O2. The van der Waals surface area contributed by atoms with E-state index in [1.165, 1.54) is 12.5 Å². The van der Waals surface area contributed by atoms with Crippen molar-refractivity contribution in [1.29, 1.82) is 0 Å². The normalized spacial score (nSPS) is 24.1. The number of rotatable bonds is 2. The van der Waals surface area contributed by atoms with Gasteiger partial charge in [0.15, 0.2) is 6.10 Å². The second kappa shape index (κ2) is 5.40. The van der Waals surface area contributed by atoms with E-state index < -0.39 is 0 Å². The Morgan fingerprint density at radius 1 is 1.59 bits per heavy atom. The maximum absolute atomic E-state index is 11.2. The minimum atomic E-state index is -0.316. The Labute approximate surface area is 104 Å². The van der Waals surface area contributed by atoms with Crippen LogP contribution in [0.4, 0.5) is 0 Å². The van der Waals surface area contributed by atoms with Crippen LogP contribution in [0.25, 0.3) is 0 Å². The molecule has 2 atom stereocenters. The minimum absolute atomic E-state index is 0.128. The molecular weight excluding hydrogens is 212 g/mol. The van der Waals surface area contributed by atoms with Crippen molar-refractivity contribution in [3.05, 3.63) is 11.6 Å². The number of ether oxygens (including phenoxy) is 1. The van der Waals surface area contributed by atoms with E-state index in [2.05, 4.69) is 38.7 Å². The Morgan fingerprint density at radius 3 is 2.71 bits per heavy atom. The SMILES string of the molecule is CC#CC(OC(C)=O)C1C(C)=CCCC1(C)C. The summed E-state index contributed by atoms with van der Waals surface area (Å²) >= 11 is 0. The molecule has 17 heavy (non-hydrogen) atoms. The molecule has 2 nitrogen and oxygen atoms in total. The molecule has 1 aliphatic carbocycles. The van der Waals surface area contributed by atoms with Gasteiger partial charge >= 0.3 is 5.97 Å². The summed E-state index contributed by atoms with van der Waals surface area (Å²) in [7, 11) is 0. The number of carbonyl (C=O) groups excluding carboxylic acids is 1. The fourth-order valence-electron chi connectivity index (χ4n) is 2.72. The van der Waals surface area contributed by atoms with E-state index in [0.29, 0.717) is 0 Å². The molecule has 0 spiro atoms. The number of carbonyl (C=O) groups is 1. The first-order chi connectivity index (χ1) is 7.88. The van der Waals surface area contributed by atoms with Crippen molar-refractivity contribution in [2.75, 3.05) is 0 Å². The fraction of sp³-hybridized carbons (Fsp3) is 0.667. The lowest BCUT2D eigenvalue weighted by Crippen LogP contribution is -2.38. The van der Waals surface area contributed by atoms with Crippen molar-refractivity contribution in [2.24, 2.45) is 11.3 Å². The number of esters is 1. The predicted molar refractivity (Wildman–Crippen MR) is 69.3 cm³/mol. The number of allylic oxidation sites excluding steroid dienone is 1. The summed E-state index contributed by atoms with van der Waals surface area (Å²) in [5, 5.41) is 0. The summed E-state index contributed by atoms with van der Waals surface area (Å²) in [4.78, 5) is 11.2. The van der Waals surface area contributed by atoms with Crippen molar-refractivity contribution in [1.82, 2.24) is 0 Å². The molecule has 2 heteroatoms. The van der Waals surface area contributed by atoms with Gasteiger partial charge in [0.05, 0.1) is 0 Å². The lowest BCUT2D eigenvalue weighted by molar-refractivity contribution is -0.147. The third-order valence-corrected chi connectivity index (χ3v) is 3.47.